The van der Waals surface area contributed by atoms with E-state index in [4.69, 9.17) is 5.84 Å². The third-order valence-electron chi connectivity index (χ3n) is 1.60. The first-order valence-electron chi connectivity index (χ1n) is 4.13. The maximum atomic E-state index is 11.8. The van der Waals surface area contributed by atoms with Crippen LogP contribution in [0.5, 0.6) is 0 Å². The van der Waals surface area contributed by atoms with E-state index in [1.54, 1.807) is 13.8 Å². The molecule has 0 heterocycles. The lowest BCUT2D eigenvalue weighted by Gasteiger charge is -2.22. The minimum Gasteiger partial charge on any atom is -0.287 e. The number of hydrogen-bond donors (Lipinski definition) is 1. The van der Waals surface area contributed by atoms with Crippen molar-refractivity contribution in [1.82, 2.24) is 5.01 Å². The third-order valence-corrected chi connectivity index (χ3v) is 1.60. The van der Waals surface area contributed by atoms with Crippen LogP contribution in [0, 0.1) is 0 Å². The highest BCUT2D eigenvalue weighted by molar-refractivity contribution is 4.59. The standard InChI is InChI=1S/C7H15F3N2O/c1-3-6(5-12(11)4-2)13-7(8,9)10/h6H,3-5,11H2,1-2H3. The van der Waals surface area contributed by atoms with E-state index in [-0.39, 0.29) is 13.0 Å². The average molecular weight is 200 g/mol. The molecule has 0 radical (unpaired) electrons. The van der Waals surface area contributed by atoms with E-state index in [2.05, 4.69) is 4.74 Å². The van der Waals surface area contributed by atoms with Crippen molar-refractivity contribution in [3.8, 4) is 0 Å². The van der Waals surface area contributed by atoms with Crippen molar-refractivity contribution in [3.05, 3.63) is 0 Å². The van der Waals surface area contributed by atoms with Crippen LogP contribution in [-0.2, 0) is 4.74 Å². The first-order chi connectivity index (χ1) is 5.89. The molecule has 0 amide bonds. The van der Waals surface area contributed by atoms with Gasteiger partial charge in [0.25, 0.3) is 0 Å². The summed E-state index contributed by atoms with van der Waals surface area (Å²) in [6.07, 6.45) is -5.17. The summed E-state index contributed by atoms with van der Waals surface area (Å²) in [5, 5.41) is 1.29. The Morgan fingerprint density at radius 1 is 1.38 bits per heavy atom. The zero-order valence-electron chi connectivity index (χ0n) is 7.77. The highest BCUT2D eigenvalue weighted by Gasteiger charge is 2.33. The van der Waals surface area contributed by atoms with Gasteiger partial charge in [0.05, 0.1) is 6.10 Å². The smallest absolute Gasteiger partial charge is 0.287 e. The molecule has 0 aliphatic heterocycles. The van der Waals surface area contributed by atoms with Crippen LogP contribution in [0.1, 0.15) is 20.3 Å². The number of nitrogens with zero attached hydrogens (tertiary/aromatic N) is 1. The van der Waals surface area contributed by atoms with Crippen molar-refractivity contribution in [2.75, 3.05) is 13.1 Å². The van der Waals surface area contributed by atoms with E-state index in [1.807, 2.05) is 0 Å². The summed E-state index contributed by atoms with van der Waals surface area (Å²) in [6, 6.07) is 0. The van der Waals surface area contributed by atoms with Crippen LogP contribution in [-0.4, -0.2) is 30.6 Å². The Hall–Kier alpha value is -0.330. The fourth-order valence-corrected chi connectivity index (χ4v) is 0.829. The van der Waals surface area contributed by atoms with Crippen LogP contribution >= 0.6 is 0 Å². The molecular weight excluding hydrogens is 185 g/mol. The van der Waals surface area contributed by atoms with Crippen LogP contribution in [0.2, 0.25) is 0 Å². The van der Waals surface area contributed by atoms with E-state index in [0.717, 1.165) is 0 Å². The Kier molecular flexibility index (Phi) is 5.27. The van der Waals surface area contributed by atoms with Gasteiger partial charge < -0.3 is 0 Å². The van der Waals surface area contributed by atoms with Crippen LogP contribution in [0.3, 0.4) is 0 Å². The number of likely N-dealkylation sites (N-methyl/N-ethyl adjacent to an activating group) is 1. The van der Waals surface area contributed by atoms with E-state index >= 15 is 0 Å². The summed E-state index contributed by atoms with van der Waals surface area (Å²) in [6.45, 7) is 3.98. The number of alkyl halides is 3. The number of ether oxygens (including phenoxy) is 1. The van der Waals surface area contributed by atoms with Crippen molar-refractivity contribution >= 4 is 0 Å². The molecule has 6 heteroatoms. The summed E-state index contributed by atoms with van der Waals surface area (Å²) in [5.41, 5.74) is 0. The maximum Gasteiger partial charge on any atom is 0.522 e. The molecule has 0 aromatic rings. The van der Waals surface area contributed by atoms with Crippen molar-refractivity contribution in [1.29, 1.82) is 0 Å². The van der Waals surface area contributed by atoms with Gasteiger partial charge in [-0.25, -0.2) is 5.01 Å². The fourth-order valence-electron chi connectivity index (χ4n) is 0.829. The summed E-state index contributed by atoms with van der Waals surface area (Å²) >= 11 is 0. The average Bonchev–Trinajstić information content (AvgIpc) is 2.00. The van der Waals surface area contributed by atoms with Gasteiger partial charge in [-0.2, -0.15) is 0 Å². The first-order valence-corrected chi connectivity index (χ1v) is 4.13. The van der Waals surface area contributed by atoms with Crippen LogP contribution < -0.4 is 5.84 Å². The van der Waals surface area contributed by atoms with Crippen molar-refractivity contribution in [3.63, 3.8) is 0 Å². The molecule has 3 nitrogen and oxygen atoms in total. The molecule has 0 spiro atoms. The van der Waals surface area contributed by atoms with E-state index < -0.39 is 12.5 Å². The largest absolute Gasteiger partial charge is 0.522 e. The van der Waals surface area contributed by atoms with E-state index in [1.165, 1.54) is 5.01 Å². The van der Waals surface area contributed by atoms with E-state index in [9.17, 15) is 13.2 Å². The Morgan fingerprint density at radius 3 is 2.23 bits per heavy atom. The molecule has 0 bridgehead atoms. The molecule has 1 atom stereocenters. The second-order valence-corrected chi connectivity index (χ2v) is 2.68. The highest BCUT2D eigenvalue weighted by atomic mass is 19.4. The van der Waals surface area contributed by atoms with Gasteiger partial charge in [-0.15, -0.1) is 13.2 Å². The first kappa shape index (κ1) is 12.7. The number of halogens is 3. The third kappa shape index (κ3) is 6.80. The molecule has 1 unspecified atom stereocenters. The monoisotopic (exact) mass is 200 g/mol. The van der Waals surface area contributed by atoms with Gasteiger partial charge in [0.2, 0.25) is 0 Å². The number of hydrogen-bond acceptors (Lipinski definition) is 3. The van der Waals surface area contributed by atoms with Crippen LogP contribution in [0.4, 0.5) is 13.2 Å². The van der Waals surface area contributed by atoms with Crippen molar-refractivity contribution in [2.24, 2.45) is 5.84 Å². The summed E-state index contributed by atoms with van der Waals surface area (Å²) in [5.74, 6) is 5.35. The highest BCUT2D eigenvalue weighted by Crippen LogP contribution is 2.20. The fraction of sp³-hybridized carbons (Fsp3) is 1.00. The van der Waals surface area contributed by atoms with Gasteiger partial charge >= 0.3 is 6.36 Å². The lowest BCUT2D eigenvalue weighted by molar-refractivity contribution is -0.343. The zero-order chi connectivity index (χ0) is 10.5. The van der Waals surface area contributed by atoms with Crippen molar-refractivity contribution in [2.45, 2.75) is 32.7 Å². The molecule has 0 aromatic heterocycles. The van der Waals surface area contributed by atoms with Gasteiger partial charge in [0, 0.05) is 13.1 Å². The van der Waals surface area contributed by atoms with Gasteiger partial charge in [0.1, 0.15) is 0 Å². The number of rotatable bonds is 5. The lowest BCUT2D eigenvalue weighted by atomic mass is 10.3. The summed E-state index contributed by atoms with van der Waals surface area (Å²) in [4.78, 5) is 0. The molecule has 80 valence electrons. The van der Waals surface area contributed by atoms with Crippen molar-refractivity contribution < 1.29 is 17.9 Å². The Labute approximate surface area is 75.6 Å². The van der Waals surface area contributed by atoms with Crippen LogP contribution in [0.25, 0.3) is 0 Å². The molecule has 0 rings (SSSR count). The minimum absolute atomic E-state index is 0.0898. The minimum atomic E-state index is -4.57. The summed E-state index contributed by atoms with van der Waals surface area (Å²) < 4.78 is 39.1. The predicted molar refractivity (Wildman–Crippen MR) is 42.7 cm³/mol. The van der Waals surface area contributed by atoms with Gasteiger partial charge in [-0.05, 0) is 6.42 Å². The van der Waals surface area contributed by atoms with Gasteiger partial charge in [0.15, 0.2) is 0 Å². The molecule has 0 aromatic carbocycles. The Bertz CT molecular complexity index is 140. The molecular formula is C7H15F3N2O. The molecule has 0 aliphatic carbocycles. The van der Waals surface area contributed by atoms with Crippen LogP contribution in [0.15, 0.2) is 0 Å². The normalized spacial score (nSPS) is 15.0. The van der Waals surface area contributed by atoms with Gasteiger partial charge in [-0.1, -0.05) is 13.8 Å². The second kappa shape index (κ2) is 5.41. The lowest BCUT2D eigenvalue weighted by Crippen LogP contribution is -2.40. The molecule has 0 aliphatic rings. The molecule has 13 heavy (non-hydrogen) atoms. The Morgan fingerprint density at radius 2 is 1.92 bits per heavy atom. The van der Waals surface area contributed by atoms with E-state index in [0.29, 0.717) is 6.54 Å². The second-order valence-electron chi connectivity index (χ2n) is 2.68. The quantitative estimate of drug-likeness (QED) is 0.540. The number of hydrazine groups is 1. The predicted octanol–water partition coefficient (Wildman–Crippen LogP) is 1.50. The Balaban J connectivity index is 3.89. The van der Waals surface area contributed by atoms with Gasteiger partial charge in [-0.3, -0.25) is 10.6 Å². The summed E-state index contributed by atoms with van der Waals surface area (Å²) in [7, 11) is 0. The molecule has 0 saturated carbocycles. The maximum absolute atomic E-state index is 11.8. The zero-order valence-corrected chi connectivity index (χ0v) is 7.77. The molecule has 0 saturated heterocycles. The molecule has 0 fully saturated rings. The number of nitrogens with two attached hydrogens (primary N) is 1. The SMILES string of the molecule is CCC(CN(N)CC)OC(F)(F)F. The topological polar surface area (TPSA) is 38.5 Å². The molecule has 2 N–H and O–H groups in total.